The second-order valence-electron chi connectivity index (χ2n) is 4.52. The summed E-state index contributed by atoms with van der Waals surface area (Å²) in [5.41, 5.74) is 5.60. The van der Waals surface area contributed by atoms with Crippen LogP contribution in [0.25, 0.3) is 0 Å². The number of nitrogens with one attached hydrogen (secondary N) is 1. The summed E-state index contributed by atoms with van der Waals surface area (Å²) in [4.78, 5) is 4.01. The van der Waals surface area contributed by atoms with Gasteiger partial charge in [-0.25, -0.2) is 4.98 Å². The van der Waals surface area contributed by atoms with Crippen LogP contribution < -0.4 is 10.5 Å². The molecule has 2 rings (SSSR count). The summed E-state index contributed by atoms with van der Waals surface area (Å²) in [5, 5.41) is 0. The number of hydrogen-bond donors (Lipinski definition) is 2. The van der Waals surface area contributed by atoms with E-state index in [4.69, 9.17) is 5.73 Å². The summed E-state index contributed by atoms with van der Waals surface area (Å²) in [5.74, 6) is 0.733. The fourth-order valence-electron chi connectivity index (χ4n) is 2.03. The van der Waals surface area contributed by atoms with Gasteiger partial charge in [-0.3, -0.25) is 4.72 Å². The highest BCUT2D eigenvalue weighted by Crippen LogP contribution is 2.23. The zero-order valence-electron chi connectivity index (χ0n) is 10.4. The predicted octanol–water partition coefficient (Wildman–Crippen LogP) is 1.17. The molecular weight excluding hydrogens is 332 g/mol. The van der Waals surface area contributed by atoms with E-state index in [1.807, 2.05) is 0 Å². The first kappa shape index (κ1) is 14.7. The van der Waals surface area contributed by atoms with Crippen LogP contribution in [0.5, 0.6) is 0 Å². The van der Waals surface area contributed by atoms with Crippen molar-refractivity contribution in [2.75, 3.05) is 24.4 Å². The quantitative estimate of drug-likeness (QED) is 0.854. The lowest BCUT2D eigenvalue weighted by Gasteiger charge is -2.30. The van der Waals surface area contributed by atoms with E-state index in [-0.39, 0.29) is 0 Å². The molecule has 19 heavy (non-hydrogen) atoms. The van der Waals surface area contributed by atoms with E-state index < -0.39 is 10.2 Å². The molecule has 0 radical (unpaired) electrons. The molecule has 0 amide bonds. The summed E-state index contributed by atoms with van der Waals surface area (Å²) < 4.78 is 29.0. The van der Waals surface area contributed by atoms with Crippen LogP contribution in [0.1, 0.15) is 12.8 Å². The molecule has 8 heteroatoms. The van der Waals surface area contributed by atoms with Crippen LogP contribution in [0.15, 0.2) is 22.8 Å². The molecule has 0 spiro atoms. The predicted molar refractivity (Wildman–Crippen MR) is 77.8 cm³/mol. The topological polar surface area (TPSA) is 88.3 Å². The van der Waals surface area contributed by atoms with Crippen molar-refractivity contribution < 1.29 is 8.42 Å². The van der Waals surface area contributed by atoms with Crippen molar-refractivity contribution in [2.24, 2.45) is 11.7 Å². The third-order valence-corrected chi connectivity index (χ3v) is 5.37. The molecule has 6 nitrogen and oxygen atoms in total. The van der Waals surface area contributed by atoms with Crippen molar-refractivity contribution >= 4 is 32.0 Å². The fourth-order valence-corrected chi connectivity index (χ4v) is 3.75. The Labute approximate surface area is 121 Å². The molecule has 0 aromatic carbocycles. The van der Waals surface area contributed by atoms with Crippen LogP contribution in [0.3, 0.4) is 0 Å². The maximum atomic E-state index is 12.2. The Kier molecular flexibility index (Phi) is 4.77. The number of aromatic nitrogens is 1. The minimum absolute atomic E-state index is 0.309. The van der Waals surface area contributed by atoms with Crippen LogP contribution in [0.4, 0.5) is 5.82 Å². The second kappa shape index (κ2) is 6.17. The Morgan fingerprint density at radius 3 is 2.74 bits per heavy atom. The van der Waals surface area contributed by atoms with E-state index in [0.717, 1.165) is 12.8 Å². The van der Waals surface area contributed by atoms with Crippen molar-refractivity contribution in [3.8, 4) is 0 Å². The molecule has 1 aromatic heterocycles. The number of anilines is 1. The first-order valence-electron chi connectivity index (χ1n) is 6.11. The highest BCUT2D eigenvalue weighted by atomic mass is 79.9. The van der Waals surface area contributed by atoms with Gasteiger partial charge in [-0.1, -0.05) is 0 Å². The summed E-state index contributed by atoms with van der Waals surface area (Å²) in [6, 6.07) is 3.47. The Morgan fingerprint density at radius 1 is 1.47 bits per heavy atom. The van der Waals surface area contributed by atoms with Gasteiger partial charge in [0.15, 0.2) is 5.82 Å². The first-order valence-corrected chi connectivity index (χ1v) is 8.34. The molecule has 1 fully saturated rings. The Balaban J connectivity index is 2.05. The smallest absolute Gasteiger partial charge is 0.302 e. The highest BCUT2D eigenvalue weighted by molar-refractivity contribution is 9.10. The largest absolute Gasteiger partial charge is 0.330 e. The van der Waals surface area contributed by atoms with Crippen LogP contribution >= 0.6 is 15.9 Å². The average molecular weight is 349 g/mol. The number of hydrogen-bond acceptors (Lipinski definition) is 4. The zero-order chi connectivity index (χ0) is 13.9. The minimum Gasteiger partial charge on any atom is -0.330 e. The van der Waals surface area contributed by atoms with Crippen LogP contribution in [-0.4, -0.2) is 37.3 Å². The lowest BCUT2D eigenvalue weighted by Crippen LogP contribution is -2.42. The van der Waals surface area contributed by atoms with Crippen molar-refractivity contribution in [3.05, 3.63) is 22.8 Å². The van der Waals surface area contributed by atoms with Gasteiger partial charge in [0.25, 0.3) is 0 Å². The van der Waals surface area contributed by atoms with E-state index >= 15 is 0 Å². The summed E-state index contributed by atoms with van der Waals surface area (Å²) in [7, 11) is -3.54. The summed E-state index contributed by atoms with van der Waals surface area (Å²) in [6.45, 7) is 1.62. The van der Waals surface area contributed by atoms with Crippen molar-refractivity contribution in [2.45, 2.75) is 12.8 Å². The van der Waals surface area contributed by atoms with Gasteiger partial charge in [0.1, 0.15) is 0 Å². The first-order chi connectivity index (χ1) is 9.03. The van der Waals surface area contributed by atoms with E-state index in [1.54, 1.807) is 18.3 Å². The van der Waals surface area contributed by atoms with Crippen LogP contribution in [0, 0.1) is 5.92 Å². The highest BCUT2D eigenvalue weighted by Gasteiger charge is 2.28. The van der Waals surface area contributed by atoms with Gasteiger partial charge in [-0.05, 0) is 53.4 Å². The molecule has 3 N–H and O–H groups in total. The average Bonchev–Trinajstić information content (AvgIpc) is 2.41. The van der Waals surface area contributed by atoms with Gasteiger partial charge in [0, 0.05) is 19.3 Å². The molecule has 0 bridgehead atoms. The van der Waals surface area contributed by atoms with E-state index in [1.165, 1.54) is 4.31 Å². The Hall–Kier alpha value is -0.700. The molecule has 1 aliphatic rings. The van der Waals surface area contributed by atoms with Gasteiger partial charge >= 0.3 is 10.2 Å². The van der Waals surface area contributed by atoms with E-state index in [2.05, 4.69) is 25.6 Å². The molecule has 1 aromatic rings. The Morgan fingerprint density at radius 2 is 2.16 bits per heavy atom. The lowest BCUT2D eigenvalue weighted by atomic mass is 9.99. The summed E-state index contributed by atoms with van der Waals surface area (Å²) in [6.07, 6.45) is 3.16. The SMILES string of the molecule is NCC1CCN(S(=O)(=O)Nc2ncccc2Br)CC1. The van der Waals surface area contributed by atoms with Crippen LogP contribution in [-0.2, 0) is 10.2 Å². The van der Waals surface area contributed by atoms with Crippen LogP contribution in [0.2, 0.25) is 0 Å². The third-order valence-electron chi connectivity index (χ3n) is 3.23. The maximum absolute atomic E-state index is 12.2. The lowest BCUT2D eigenvalue weighted by molar-refractivity contribution is 0.280. The molecule has 1 aliphatic heterocycles. The molecule has 106 valence electrons. The summed E-state index contributed by atoms with van der Waals surface area (Å²) >= 11 is 3.27. The number of nitrogens with zero attached hydrogens (tertiary/aromatic N) is 2. The molecule has 0 saturated carbocycles. The van der Waals surface area contributed by atoms with Gasteiger partial charge in [-0.15, -0.1) is 0 Å². The molecule has 0 unspecified atom stereocenters. The van der Waals surface area contributed by atoms with Gasteiger partial charge in [0.2, 0.25) is 0 Å². The van der Waals surface area contributed by atoms with Gasteiger partial charge in [-0.2, -0.15) is 12.7 Å². The third kappa shape index (κ3) is 3.65. The van der Waals surface area contributed by atoms with Crippen molar-refractivity contribution in [1.82, 2.24) is 9.29 Å². The normalized spacial score (nSPS) is 18.4. The van der Waals surface area contributed by atoms with E-state index in [0.29, 0.717) is 35.8 Å². The molecule has 1 saturated heterocycles. The minimum atomic E-state index is -3.54. The molecule has 0 aliphatic carbocycles. The molecule has 2 heterocycles. The van der Waals surface area contributed by atoms with Gasteiger partial charge < -0.3 is 5.73 Å². The second-order valence-corrected chi connectivity index (χ2v) is 7.04. The molecular formula is C11H17BrN4O2S. The maximum Gasteiger partial charge on any atom is 0.302 e. The number of nitrogens with two attached hydrogens (primary N) is 1. The number of rotatable bonds is 4. The van der Waals surface area contributed by atoms with Crippen molar-refractivity contribution in [1.29, 1.82) is 0 Å². The fraction of sp³-hybridized carbons (Fsp3) is 0.545. The standard InChI is InChI=1S/C11H17BrN4O2S/c12-10-2-1-5-14-11(10)15-19(17,18)16-6-3-9(8-13)4-7-16/h1-2,5,9H,3-4,6-8,13H2,(H,14,15). The van der Waals surface area contributed by atoms with Gasteiger partial charge in [0.05, 0.1) is 4.47 Å². The number of piperidine rings is 1. The monoisotopic (exact) mass is 348 g/mol. The zero-order valence-corrected chi connectivity index (χ0v) is 12.8. The molecule has 0 atom stereocenters. The number of pyridine rings is 1. The van der Waals surface area contributed by atoms with E-state index in [9.17, 15) is 8.42 Å². The van der Waals surface area contributed by atoms with Crippen molar-refractivity contribution in [3.63, 3.8) is 0 Å². The Bertz CT molecular complexity index is 529. The number of halogens is 1.